The summed E-state index contributed by atoms with van der Waals surface area (Å²) in [5, 5.41) is 105. The van der Waals surface area contributed by atoms with Gasteiger partial charge in [0, 0.05) is 54.7 Å². The van der Waals surface area contributed by atoms with Crippen LogP contribution in [-0.2, 0) is 48.4 Å². The highest BCUT2D eigenvalue weighted by atomic mass is 35.5. The second-order valence-electron chi connectivity index (χ2n) is 32.2. The Kier molecular flexibility index (Phi) is 25.3. The average Bonchev–Trinajstić information content (AvgIpc) is 0.757. The molecule has 5 heterocycles. The second-order valence-corrected chi connectivity index (χ2v) is 34.7. The number of carbonyl (C=O) groups is 8. The van der Waals surface area contributed by atoms with E-state index in [9.17, 15) is 58.9 Å². The van der Waals surface area contributed by atoms with Gasteiger partial charge in [-0.25, -0.2) is 13.1 Å². The Balaban J connectivity index is 1.000. The number of Topliss-reactive ketones (excluding diaryl/α,β-unsaturated/α-hetero) is 3. The monoisotopic (exact) mass is 1640 g/mol. The molecule has 0 spiro atoms. The van der Waals surface area contributed by atoms with Crippen molar-refractivity contribution in [3.63, 3.8) is 0 Å². The number of phenols is 3. The zero-order chi connectivity index (χ0) is 82.3. The molecule has 10 aliphatic rings. The van der Waals surface area contributed by atoms with Crippen LogP contribution in [0.15, 0.2) is 108 Å². The molecule has 0 aromatic heterocycles. The van der Waals surface area contributed by atoms with Gasteiger partial charge in [-0.1, -0.05) is 75.5 Å². The van der Waals surface area contributed by atoms with Crippen molar-refractivity contribution in [3.8, 4) is 62.9 Å². The van der Waals surface area contributed by atoms with Crippen molar-refractivity contribution in [1.29, 1.82) is 0 Å². The second kappa shape index (κ2) is 34.8. The highest BCUT2D eigenvalue weighted by Crippen LogP contribution is 2.58. The summed E-state index contributed by atoms with van der Waals surface area (Å²) in [6.45, 7) is 7.53. The first-order chi connectivity index (χ1) is 54.8. The van der Waals surface area contributed by atoms with Crippen molar-refractivity contribution >= 4 is 80.1 Å². The zero-order valence-electron chi connectivity index (χ0n) is 63.7. The molecule has 0 saturated heterocycles. The Morgan fingerprint density at radius 1 is 0.652 bits per heavy atom. The van der Waals surface area contributed by atoms with E-state index in [1.165, 1.54) is 72.8 Å². The molecule has 0 radical (unpaired) electrons. The van der Waals surface area contributed by atoms with E-state index in [-0.39, 0.29) is 110 Å². The molecule has 5 aliphatic heterocycles. The molecule has 14 atom stereocenters. The van der Waals surface area contributed by atoms with Gasteiger partial charge < -0.3 is 86.8 Å². The summed E-state index contributed by atoms with van der Waals surface area (Å²) >= 11 is 14.4. The van der Waals surface area contributed by atoms with E-state index in [4.69, 9.17) is 47.9 Å². The van der Waals surface area contributed by atoms with E-state index in [1.807, 2.05) is 25.5 Å². The van der Waals surface area contributed by atoms with E-state index in [0.717, 1.165) is 68.9 Å². The number of unbranched alkanes of at least 4 members (excludes halogenated alkanes) is 1. The predicted octanol–water partition coefficient (Wildman–Crippen LogP) is 9.06. The van der Waals surface area contributed by atoms with Crippen LogP contribution in [0.2, 0.25) is 10.0 Å². The molecule has 31 heteroatoms. The standard InChI is InChI=1S/C84H96Cl2N6O22S/c1-5-7-18-111-51-11-13-52(14-12-51)115(109,110)92-69(99)32-48-28-61(96)73(90-81(105)41(6-2)19-38(3)4)75(100)43-9-16-64(57(85)26-43)112-67-29-47-30-68(80(67)114-66-31-49(37-87)77(102)79(104)78(66)103)113-65-17-10-44(27-58(65)86)76(101)74-84(108)89-72(63(98)35-53-45-21-39-20-40(23-45)24-46(53)22-39)56-33-50(93)34-60(95)70(56)55-25-42(8-15-59(55)94)54(83(107)91-74)36-62(97)71(47)88-82(48)106/h8-17,25-27,29-30,33-34,38-41,45-46,48-49,53-54,66,71-79,93-95,100-104H,5-7,18-24,28,31-32,35-37,87H2,1-4H3,(H,88,106)(H,89,108)(H,90,105)(H,91,107)(H,92,99)/t39?,40?,41-,45?,46?,48+,49-,53?,54-,66-,71-,72+,73+,74+,75-,76-,77-,78+,79+/m1/s1. The fourth-order valence-corrected chi connectivity index (χ4v) is 19.5. The maximum Gasteiger partial charge on any atom is 0.264 e. The Morgan fingerprint density at radius 3 is 1.90 bits per heavy atom. The Morgan fingerprint density at radius 2 is 1.29 bits per heavy atom. The van der Waals surface area contributed by atoms with Gasteiger partial charge in [0.1, 0.15) is 89.2 Å². The van der Waals surface area contributed by atoms with E-state index >= 15 is 28.8 Å². The zero-order valence-corrected chi connectivity index (χ0v) is 66.0. The number of ketones is 3. The van der Waals surface area contributed by atoms with E-state index in [1.54, 1.807) is 6.92 Å². The van der Waals surface area contributed by atoms with Crippen LogP contribution in [0.1, 0.15) is 176 Å². The van der Waals surface area contributed by atoms with Crippen LogP contribution < -0.4 is 50.7 Å². The van der Waals surface area contributed by atoms with Crippen LogP contribution in [0, 0.1) is 53.3 Å². The van der Waals surface area contributed by atoms with Gasteiger partial charge >= 0.3 is 0 Å². The van der Waals surface area contributed by atoms with Gasteiger partial charge in [-0.2, -0.15) is 0 Å². The minimum Gasteiger partial charge on any atom is -0.508 e. The van der Waals surface area contributed by atoms with Crippen molar-refractivity contribution < 1.29 is 107 Å². The van der Waals surface area contributed by atoms with Gasteiger partial charge in [0.15, 0.2) is 28.8 Å². The third kappa shape index (κ3) is 17.9. The normalized spacial score (nSPS) is 28.2. The number of nitrogens with one attached hydrogen (secondary N) is 5. The van der Waals surface area contributed by atoms with Gasteiger partial charge in [-0.15, -0.1) is 0 Å². The SMILES string of the molecule is CCCCOc1ccc(S(=O)(=O)NC(=O)C[C@@H]2CC(=O)[C@H](NC(=O)[C@H](CC)CC(C)C)[C@H](O)c3ccc(c(Cl)c3)Oc3cc4cc(c3O[C@@H]3C[C@H](CN)[C@@H](O)[C@H](O)[C@H]3O)Oc3ccc(cc3Cl)[C@@H](O)[C@@H]3NC(=O)[C@H](CC(=O)[C@@H]4NC2=O)c2ccc(O)c(c2)-c2c(O)cc(O)cc2[C@@H](C(=O)CC2C4CC5CC(C4)CC2C5)NC3=O)cc1. The number of hydrogen-bond donors (Lipinski definition) is 14. The van der Waals surface area contributed by atoms with Crippen molar-refractivity contribution in [2.75, 3.05) is 13.2 Å². The van der Waals surface area contributed by atoms with Gasteiger partial charge in [-0.3, -0.25) is 38.4 Å². The van der Waals surface area contributed by atoms with Crippen molar-refractivity contribution in [3.05, 3.63) is 141 Å². The number of aromatic hydroxyl groups is 3. The summed E-state index contributed by atoms with van der Waals surface area (Å²) in [7, 11) is -4.82. The number of amides is 5. The number of carbonyl (C=O) groups excluding carboxylic acids is 8. The highest BCUT2D eigenvalue weighted by molar-refractivity contribution is 7.90. The summed E-state index contributed by atoms with van der Waals surface area (Å²) in [4.78, 5) is 124. The fourth-order valence-electron chi connectivity index (χ4n) is 18.0. The van der Waals surface area contributed by atoms with Crippen LogP contribution in [0.3, 0.4) is 0 Å². The van der Waals surface area contributed by atoms with Crippen molar-refractivity contribution in [1.82, 2.24) is 26.0 Å². The highest BCUT2D eigenvalue weighted by Gasteiger charge is 2.51. The smallest absolute Gasteiger partial charge is 0.264 e. The number of phenolic OH excluding ortho intramolecular Hbond substituents is 3. The van der Waals surface area contributed by atoms with E-state index in [0.29, 0.717) is 37.0 Å². The van der Waals surface area contributed by atoms with Crippen molar-refractivity contribution in [2.24, 2.45) is 59.0 Å². The molecule has 6 aromatic carbocycles. The molecular weight excluding hydrogens is 1550 g/mol. The number of fused-ring (bicyclic) bond motifs is 15. The molecule has 115 heavy (non-hydrogen) atoms. The van der Waals surface area contributed by atoms with Crippen LogP contribution in [0.25, 0.3) is 11.1 Å². The molecule has 15 N–H and O–H groups in total. The number of sulfonamides is 1. The molecular formula is C84H96Cl2N6O22S. The summed E-state index contributed by atoms with van der Waals surface area (Å²) in [5.74, 6) is -16.6. The van der Waals surface area contributed by atoms with Crippen LogP contribution in [0.5, 0.6) is 51.7 Å². The summed E-state index contributed by atoms with van der Waals surface area (Å²) in [6, 6.07) is 12.4. The number of rotatable bonds is 19. The number of hydrogen-bond acceptors (Lipinski definition) is 23. The van der Waals surface area contributed by atoms with Crippen LogP contribution in [0.4, 0.5) is 0 Å². The number of halogens is 2. The molecule has 5 amide bonds. The van der Waals surface area contributed by atoms with Crippen LogP contribution >= 0.6 is 23.2 Å². The first-order valence-corrected chi connectivity index (χ1v) is 41.4. The molecule has 28 nitrogen and oxygen atoms in total. The maximum atomic E-state index is 16.6. The first-order valence-electron chi connectivity index (χ1n) is 39.2. The average molecular weight is 1640 g/mol. The molecule has 0 unspecified atom stereocenters. The quantitative estimate of drug-likeness (QED) is 0.0336. The molecule has 15 bridgehead atoms. The lowest BCUT2D eigenvalue weighted by Crippen LogP contribution is -2.56. The maximum absolute atomic E-state index is 16.6. The first kappa shape index (κ1) is 83.5. The minimum atomic E-state index is -4.82. The summed E-state index contributed by atoms with van der Waals surface area (Å²) in [5.41, 5.74) is 4.57. The van der Waals surface area contributed by atoms with E-state index in [2.05, 4.69) is 21.3 Å². The van der Waals surface area contributed by atoms with Crippen LogP contribution in [-0.4, -0.2) is 146 Å². The Bertz CT molecular complexity index is 4840. The largest absolute Gasteiger partial charge is 0.508 e. The Hall–Kier alpha value is -9.43. The molecule has 614 valence electrons. The number of benzene rings is 6. The lowest BCUT2D eigenvalue weighted by atomic mass is 9.51. The lowest BCUT2D eigenvalue weighted by molar-refractivity contribution is -0.149. The van der Waals surface area contributed by atoms with Crippen molar-refractivity contribution in [2.45, 2.75) is 189 Å². The van der Waals surface area contributed by atoms with E-state index < -0.39 is 200 Å². The third-order valence-electron chi connectivity index (χ3n) is 23.9. The van der Waals surface area contributed by atoms with Gasteiger partial charge in [-0.05, 0) is 207 Å². The summed E-state index contributed by atoms with van der Waals surface area (Å²) in [6.07, 6.45) is -7.83. The minimum absolute atomic E-state index is 0.0483. The molecule has 5 aliphatic carbocycles. The third-order valence-corrected chi connectivity index (χ3v) is 25.9. The van der Waals surface area contributed by atoms with Gasteiger partial charge in [0.2, 0.25) is 35.3 Å². The number of aliphatic hydroxyl groups is 5. The lowest BCUT2D eigenvalue weighted by Gasteiger charge is -2.54. The van der Waals surface area contributed by atoms with Gasteiger partial charge in [0.25, 0.3) is 10.0 Å². The number of nitrogens with two attached hydrogens (primary N) is 1. The predicted molar refractivity (Wildman–Crippen MR) is 417 cm³/mol. The molecule has 5 saturated carbocycles. The van der Waals surface area contributed by atoms with Gasteiger partial charge in [0.05, 0.1) is 39.5 Å². The Labute approximate surface area is 674 Å². The number of ether oxygens (including phenoxy) is 4. The number of aliphatic hydroxyl groups excluding tert-OH is 5. The molecule has 6 aromatic rings. The summed E-state index contributed by atoms with van der Waals surface area (Å²) < 4.78 is 56.2. The fraction of sp³-hybridized carbons (Fsp3) is 0.476. The molecule has 16 rings (SSSR count). The molecule has 5 fully saturated rings. The topological polar surface area (TPSA) is 456 Å².